The molecule has 0 unspecified atom stereocenters. The number of aromatic nitrogens is 2. The van der Waals surface area contributed by atoms with E-state index in [4.69, 9.17) is 16.7 Å². The van der Waals surface area contributed by atoms with E-state index in [2.05, 4.69) is 16.9 Å². The van der Waals surface area contributed by atoms with Gasteiger partial charge in [-0.3, -0.25) is 4.79 Å². The Labute approximate surface area is 90.2 Å². The fraction of sp³-hybridized carbons (Fsp3) is 0.125. The van der Waals surface area contributed by atoms with Crippen LogP contribution in [0.2, 0.25) is 0 Å². The van der Waals surface area contributed by atoms with Crippen molar-refractivity contribution >= 4 is 29.3 Å². The summed E-state index contributed by atoms with van der Waals surface area (Å²) in [6.07, 6.45) is 1.36. The third-order valence-electron chi connectivity index (χ3n) is 1.56. The van der Waals surface area contributed by atoms with Crippen LogP contribution in [0.4, 0.5) is 5.82 Å². The van der Waals surface area contributed by atoms with E-state index in [0.29, 0.717) is 0 Å². The van der Waals surface area contributed by atoms with Gasteiger partial charge >= 0.3 is 5.97 Å². The van der Waals surface area contributed by atoms with Crippen molar-refractivity contribution in [2.75, 3.05) is 5.32 Å². The average molecular weight is 230 g/mol. The largest absolute Gasteiger partial charge is 0.475 e. The summed E-state index contributed by atoms with van der Waals surface area (Å²) in [7, 11) is 1.50. The predicted molar refractivity (Wildman–Crippen MR) is 53.8 cm³/mol. The van der Waals surface area contributed by atoms with Crippen molar-refractivity contribution in [2.45, 2.75) is 0 Å². The first-order valence-corrected chi connectivity index (χ1v) is 4.22. The second kappa shape index (κ2) is 4.14. The number of carboxylic acids is 1. The molecule has 1 aromatic heterocycles. The molecule has 0 aliphatic heterocycles. The zero-order valence-corrected chi connectivity index (χ0v) is 8.58. The van der Waals surface area contributed by atoms with Gasteiger partial charge in [0.05, 0.1) is 5.03 Å². The molecule has 2 N–H and O–H groups in total. The molecular formula is C8H8ClN3O3. The van der Waals surface area contributed by atoms with Crippen LogP contribution in [0.1, 0.15) is 10.6 Å². The third-order valence-corrected chi connectivity index (χ3v) is 1.73. The number of halogens is 1. The van der Waals surface area contributed by atoms with Gasteiger partial charge < -0.3 is 15.0 Å². The Balaban J connectivity index is 2.89. The van der Waals surface area contributed by atoms with Crippen LogP contribution in [-0.4, -0.2) is 26.5 Å². The second-order valence-corrected chi connectivity index (χ2v) is 3.18. The van der Waals surface area contributed by atoms with Crippen molar-refractivity contribution in [2.24, 2.45) is 7.05 Å². The lowest BCUT2D eigenvalue weighted by Gasteiger charge is -1.96. The van der Waals surface area contributed by atoms with E-state index >= 15 is 0 Å². The van der Waals surface area contributed by atoms with E-state index < -0.39 is 11.9 Å². The molecule has 1 amide bonds. The van der Waals surface area contributed by atoms with Gasteiger partial charge in [0.1, 0.15) is 0 Å². The summed E-state index contributed by atoms with van der Waals surface area (Å²) in [5.74, 6) is -1.86. The standard InChI is InChI=1S/C8H8ClN3O3/c1-4(9)7(13)11-5-3-12(2)6(10-5)8(14)15/h3H,1H2,2H3,(H,11,13)(H,14,15). The topological polar surface area (TPSA) is 84.2 Å². The first-order chi connectivity index (χ1) is 6.91. The van der Waals surface area contributed by atoms with E-state index in [-0.39, 0.29) is 16.7 Å². The number of anilines is 1. The molecule has 0 atom stereocenters. The fourth-order valence-electron chi connectivity index (χ4n) is 0.909. The number of carbonyl (C=O) groups is 2. The van der Waals surface area contributed by atoms with Crippen LogP contribution in [0.3, 0.4) is 0 Å². The number of hydrogen-bond acceptors (Lipinski definition) is 3. The highest BCUT2D eigenvalue weighted by molar-refractivity contribution is 6.43. The molecule has 1 heterocycles. The van der Waals surface area contributed by atoms with Crippen molar-refractivity contribution in [1.82, 2.24) is 9.55 Å². The smallest absolute Gasteiger partial charge is 0.372 e. The highest BCUT2D eigenvalue weighted by Gasteiger charge is 2.14. The number of nitrogens with one attached hydrogen (secondary N) is 1. The van der Waals surface area contributed by atoms with Crippen molar-refractivity contribution < 1.29 is 14.7 Å². The number of amides is 1. The van der Waals surface area contributed by atoms with E-state index in [1.54, 1.807) is 0 Å². The van der Waals surface area contributed by atoms with Gasteiger partial charge in [-0.2, -0.15) is 0 Å². The highest BCUT2D eigenvalue weighted by Crippen LogP contribution is 2.09. The minimum absolute atomic E-state index is 0.113. The second-order valence-electron chi connectivity index (χ2n) is 2.72. The molecular weight excluding hydrogens is 222 g/mol. The number of rotatable bonds is 3. The van der Waals surface area contributed by atoms with Gasteiger partial charge in [0.2, 0.25) is 5.82 Å². The monoisotopic (exact) mass is 229 g/mol. The van der Waals surface area contributed by atoms with Crippen LogP contribution in [0.25, 0.3) is 0 Å². The van der Waals surface area contributed by atoms with E-state index in [0.717, 1.165) is 0 Å². The van der Waals surface area contributed by atoms with Gasteiger partial charge in [0, 0.05) is 13.2 Å². The highest BCUT2D eigenvalue weighted by atomic mass is 35.5. The molecule has 15 heavy (non-hydrogen) atoms. The molecule has 0 radical (unpaired) electrons. The van der Waals surface area contributed by atoms with Crippen molar-refractivity contribution in [3.05, 3.63) is 23.6 Å². The van der Waals surface area contributed by atoms with Crippen molar-refractivity contribution in [1.29, 1.82) is 0 Å². The van der Waals surface area contributed by atoms with Gasteiger partial charge in [-0.25, -0.2) is 9.78 Å². The minimum Gasteiger partial charge on any atom is -0.475 e. The Morgan fingerprint density at radius 3 is 2.67 bits per heavy atom. The predicted octanol–water partition coefficient (Wildman–Crippen LogP) is 0.809. The quantitative estimate of drug-likeness (QED) is 0.752. The molecule has 0 aliphatic rings. The molecule has 7 heteroatoms. The Morgan fingerprint density at radius 1 is 1.67 bits per heavy atom. The molecule has 0 saturated carbocycles. The summed E-state index contributed by atoms with van der Waals surface area (Å²) in [5.41, 5.74) is 0. The molecule has 6 nitrogen and oxygen atoms in total. The molecule has 1 rings (SSSR count). The molecule has 80 valence electrons. The number of aryl methyl sites for hydroxylation is 1. The van der Waals surface area contributed by atoms with E-state index in [1.807, 2.05) is 0 Å². The molecule has 0 aliphatic carbocycles. The number of nitrogens with zero attached hydrogens (tertiary/aromatic N) is 2. The van der Waals surface area contributed by atoms with E-state index in [1.165, 1.54) is 17.8 Å². The summed E-state index contributed by atoms with van der Waals surface area (Å²) in [6.45, 7) is 3.22. The van der Waals surface area contributed by atoms with Crippen LogP contribution in [0.15, 0.2) is 17.8 Å². The Bertz CT molecular complexity index is 438. The third kappa shape index (κ3) is 2.57. The lowest BCUT2D eigenvalue weighted by Crippen LogP contribution is -2.11. The summed E-state index contributed by atoms with van der Waals surface area (Å²) >= 11 is 5.33. The van der Waals surface area contributed by atoms with Crippen LogP contribution in [0.5, 0.6) is 0 Å². The number of aromatic carboxylic acids is 1. The Morgan fingerprint density at radius 2 is 2.27 bits per heavy atom. The fourth-order valence-corrected chi connectivity index (χ4v) is 0.957. The maximum atomic E-state index is 11.1. The lowest BCUT2D eigenvalue weighted by atomic mass is 10.5. The number of hydrogen-bond donors (Lipinski definition) is 2. The maximum absolute atomic E-state index is 11.1. The van der Waals surface area contributed by atoms with Gasteiger partial charge in [-0.05, 0) is 0 Å². The molecule has 0 aromatic carbocycles. The molecule has 0 spiro atoms. The normalized spacial score (nSPS) is 9.73. The summed E-state index contributed by atoms with van der Waals surface area (Å²) in [6, 6.07) is 0. The lowest BCUT2D eigenvalue weighted by molar-refractivity contribution is -0.112. The van der Waals surface area contributed by atoms with Gasteiger partial charge in [0.25, 0.3) is 5.91 Å². The van der Waals surface area contributed by atoms with E-state index in [9.17, 15) is 9.59 Å². The van der Waals surface area contributed by atoms with Crippen LogP contribution in [0, 0.1) is 0 Å². The van der Waals surface area contributed by atoms with Crippen LogP contribution < -0.4 is 5.32 Å². The summed E-state index contributed by atoms with van der Waals surface area (Å²) < 4.78 is 1.27. The zero-order valence-electron chi connectivity index (χ0n) is 7.82. The minimum atomic E-state index is -1.18. The van der Waals surface area contributed by atoms with Gasteiger partial charge in [0.15, 0.2) is 5.82 Å². The van der Waals surface area contributed by atoms with Gasteiger partial charge in [-0.1, -0.05) is 18.2 Å². The SMILES string of the molecule is C=C(Cl)C(=O)Nc1cn(C)c(C(=O)O)n1. The average Bonchev–Trinajstić information content (AvgIpc) is 2.46. The van der Waals surface area contributed by atoms with Crippen molar-refractivity contribution in [3.63, 3.8) is 0 Å². The Hall–Kier alpha value is -1.82. The number of carbonyl (C=O) groups excluding carboxylic acids is 1. The zero-order chi connectivity index (χ0) is 11.6. The van der Waals surface area contributed by atoms with Gasteiger partial charge in [-0.15, -0.1) is 0 Å². The van der Waals surface area contributed by atoms with Crippen LogP contribution >= 0.6 is 11.6 Å². The molecule has 0 saturated heterocycles. The first kappa shape index (κ1) is 11.3. The first-order valence-electron chi connectivity index (χ1n) is 3.84. The van der Waals surface area contributed by atoms with Crippen molar-refractivity contribution in [3.8, 4) is 0 Å². The maximum Gasteiger partial charge on any atom is 0.372 e. The van der Waals surface area contributed by atoms with Crippen LogP contribution in [-0.2, 0) is 11.8 Å². The molecule has 0 fully saturated rings. The molecule has 0 bridgehead atoms. The molecule has 1 aromatic rings. The Kier molecular flexibility index (Phi) is 3.11. The number of imidazole rings is 1. The number of carboxylic acid groups (broad SMARTS) is 1. The summed E-state index contributed by atoms with van der Waals surface area (Å²) in [5, 5.41) is 10.8. The summed E-state index contributed by atoms with van der Waals surface area (Å²) in [4.78, 5) is 25.3.